The fraction of sp³-hybridized carbons (Fsp3) is 0.308. The number of pyridine rings is 1. The first-order valence-electron chi connectivity index (χ1n) is 5.99. The Labute approximate surface area is 110 Å². The maximum absolute atomic E-state index is 11.6. The van der Waals surface area contributed by atoms with Crippen molar-refractivity contribution in [3.05, 3.63) is 30.0 Å². The zero-order valence-corrected chi connectivity index (χ0v) is 10.5. The summed E-state index contributed by atoms with van der Waals surface area (Å²) in [4.78, 5) is 28.2. The molecule has 1 aromatic rings. The zero-order chi connectivity index (χ0) is 13.8. The van der Waals surface area contributed by atoms with Gasteiger partial charge >= 0.3 is 5.97 Å². The number of nitrogens with one attached hydrogen (secondary N) is 1. The van der Waals surface area contributed by atoms with Crippen LogP contribution in [-0.2, 0) is 9.59 Å². The summed E-state index contributed by atoms with van der Waals surface area (Å²) in [6, 6.07) is 3.32. The maximum Gasteiger partial charge on any atom is 0.328 e. The second kappa shape index (κ2) is 5.51. The molecule has 1 unspecified atom stereocenters. The summed E-state index contributed by atoms with van der Waals surface area (Å²) >= 11 is 0. The number of carbonyl (C=O) groups excluding carboxylic acids is 1. The predicted molar refractivity (Wildman–Crippen MR) is 70.7 cm³/mol. The molecule has 0 aromatic carbocycles. The lowest BCUT2D eigenvalue weighted by molar-refractivity contribution is -0.131. The smallest absolute Gasteiger partial charge is 0.328 e. The summed E-state index contributed by atoms with van der Waals surface area (Å²) in [6.07, 6.45) is 4.13. The number of aliphatic carboxylic acids is 1. The van der Waals surface area contributed by atoms with Crippen molar-refractivity contribution in [3.8, 4) is 0 Å². The Morgan fingerprint density at radius 3 is 3.00 bits per heavy atom. The van der Waals surface area contributed by atoms with E-state index in [-0.39, 0.29) is 11.9 Å². The number of carboxylic acid groups (broad SMARTS) is 1. The monoisotopic (exact) mass is 261 g/mol. The normalized spacial score (nSPS) is 19.5. The molecule has 6 nitrogen and oxygen atoms in total. The molecular weight excluding hydrogens is 246 g/mol. The molecule has 19 heavy (non-hydrogen) atoms. The van der Waals surface area contributed by atoms with Gasteiger partial charge in [-0.2, -0.15) is 0 Å². The Bertz CT molecular complexity index is 510. The van der Waals surface area contributed by atoms with Crippen molar-refractivity contribution in [3.63, 3.8) is 0 Å². The number of hydrogen-bond acceptors (Lipinski definition) is 4. The number of aromatic nitrogens is 1. The van der Waals surface area contributed by atoms with E-state index in [9.17, 15) is 9.59 Å². The summed E-state index contributed by atoms with van der Waals surface area (Å²) in [7, 11) is 0. The van der Waals surface area contributed by atoms with E-state index in [0.717, 1.165) is 11.9 Å². The minimum atomic E-state index is -0.995. The van der Waals surface area contributed by atoms with E-state index in [1.807, 2.05) is 11.8 Å². The van der Waals surface area contributed by atoms with Crippen LogP contribution in [0.1, 0.15) is 12.5 Å². The van der Waals surface area contributed by atoms with Crippen LogP contribution >= 0.6 is 0 Å². The molecule has 1 aliphatic heterocycles. The van der Waals surface area contributed by atoms with Crippen molar-refractivity contribution in [2.75, 3.05) is 18.0 Å². The van der Waals surface area contributed by atoms with Gasteiger partial charge in [0.05, 0.1) is 0 Å². The van der Waals surface area contributed by atoms with Gasteiger partial charge in [-0.25, -0.2) is 9.78 Å². The van der Waals surface area contributed by atoms with Gasteiger partial charge in [-0.1, -0.05) is 0 Å². The fourth-order valence-corrected chi connectivity index (χ4v) is 1.93. The third-order valence-corrected chi connectivity index (χ3v) is 2.98. The van der Waals surface area contributed by atoms with Crippen molar-refractivity contribution < 1.29 is 14.7 Å². The summed E-state index contributed by atoms with van der Waals surface area (Å²) in [5.74, 6) is -0.289. The highest BCUT2D eigenvalue weighted by Gasteiger charge is 2.26. The zero-order valence-electron chi connectivity index (χ0n) is 10.5. The molecule has 0 aliphatic carbocycles. The molecule has 1 fully saturated rings. The molecule has 0 radical (unpaired) electrons. The molecule has 1 atom stereocenters. The lowest BCUT2D eigenvalue weighted by atomic mass is 10.2. The van der Waals surface area contributed by atoms with Gasteiger partial charge < -0.3 is 15.3 Å². The van der Waals surface area contributed by atoms with Crippen LogP contribution in [0.5, 0.6) is 0 Å². The first-order chi connectivity index (χ1) is 9.08. The highest BCUT2D eigenvalue weighted by Crippen LogP contribution is 2.16. The molecule has 2 N–H and O–H groups in total. The third kappa shape index (κ3) is 3.09. The highest BCUT2D eigenvalue weighted by molar-refractivity contribution is 5.86. The lowest BCUT2D eigenvalue weighted by Gasteiger charge is -2.33. The Balaban J connectivity index is 2.13. The van der Waals surface area contributed by atoms with Crippen LogP contribution in [0.3, 0.4) is 0 Å². The molecule has 1 aromatic heterocycles. The fourth-order valence-electron chi connectivity index (χ4n) is 1.93. The molecule has 1 aliphatic rings. The van der Waals surface area contributed by atoms with E-state index in [4.69, 9.17) is 5.11 Å². The first-order valence-corrected chi connectivity index (χ1v) is 5.99. The number of nitrogens with zero attached hydrogens (tertiary/aromatic N) is 2. The van der Waals surface area contributed by atoms with Crippen LogP contribution in [-0.4, -0.2) is 41.1 Å². The van der Waals surface area contributed by atoms with Gasteiger partial charge in [-0.3, -0.25) is 4.79 Å². The van der Waals surface area contributed by atoms with E-state index >= 15 is 0 Å². The quantitative estimate of drug-likeness (QED) is 0.774. The first kappa shape index (κ1) is 13.1. The van der Waals surface area contributed by atoms with Crippen LogP contribution in [0, 0.1) is 0 Å². The number of carbonyl (C=O) groups is 2. The van der Waals surface area contributed by atoms with Crippen molar-refractivity contribution in [1.82, 2.24) is 10.3 Å². The van der Waals surface area contributed by atoms with E-state index in [1.54, 1.807) is 18.3 Å². The number of amides is 1. The maximum atomic E-state index is 11.6. The largest absolute Gasteiger partial charge is 0.478 e. The second-order valence-corrected chi connectivity index (χ2v) is 4.28. The Morgan fingerprint density at radius 1 is 1.58 bits per heavy atom. The van der Waals surface area contributed by atoms with Gasteiger partial charge in [0.1, 0.15) is 11.9 Å². The standard InChI is InChI=1S/C13H15N3O3/c1-9-13(19)14-6-7-16(9)11-4-2-10(8-15-11)3-5-12(17)18/h2-5,8-9H,6-7H2,1H3,(H,14,19)(H,17,18)/b5-3+. The molecule has 0 spiro atoms. The summed E-state index contributed by atoms with van der Waals surface area (Å²) in [5, 5.41) is 11.3. The van der Waals surface area contributed by atoms with Crippen LogP contribution < -0.4 is 10.2 Å². The van der Waals surface area contributed by atoms with Crippen LogP contribution in [0.2, 0.25) is 0 Å². The molecule has 0 bridgehead atoms. The Morgan fingerprint density at radius 2 is 2.37 bits per heavy atom. The summed E-state index contributed by atoms with van der Waals surface area (Å²) < 4.78 is 0. The Hall–Kier alpha value is -2.37. The average Bonchev–Trinajstić information content (AvgIpc) is 2.40. The van der Waals surface area contributed by atoms with E-state index in [1.165, 1.54) is 6.08 Å². The van der Waals surface area contributed by atoms with Crippen LogP contribution in [0.15, 0.2) is 24.4 Å². The predicted octanol–water partition coefficient (Wildman–Crippen LogP) is 0.504. The molecule has 6 heteroatoms. The van der Waals surface area contributed by atoms with Crippen LogP contribution in [0.4, 0.5) is 5.82 Å². The van der Waals surface area contributed by atoms with E-state index < -0.39 is 5.97 Å². The van der Waals surface area contributed by atoms with Gasteiger partial charge in [0.15, 0.2) is 0 Å². The lowest BCUT2D eigenvalue weighted by Crippen LogP contribution is -2.54. The summed E-state index contributed by atoms with van der Waals surface area (Å²) in [6.45, 7) is 3.14. The molecule has 0 saturated carbocycles. The van der Waals surface area contributed by atoms with Crippen LogP contribution in [0.25, 0.3) is 6.08 Å². The van der Waals surface area contributed by atoms with Crippen molar-refractivity contribution in [1.29, 1.82) is 0 Å². The molecular formula is C13H15N3O3. The topological polar surface area (TPSA) is 82.5 Å². The second-order valence-electron chi connectivity index (χ2n) is 4.28. The van der Waals surface area contributed by atoms with Crippen molar-refractivity contribution in [2.45, 2.75) is 13.0 Å². The van der Waals surface area contributed by atoms with Gasteiger partial charge in [0, 0.05) is 25.4 Å². The van der Waals surface area contributed by atoms with Gasteiger partial charge in [-0.05, 0) is 30.7 Å². The third-order valence-electron chi connectivity index (χ3n) is 2.98. The molecule has 1 saturated heterocycles. The SMILES string of the molecule is CC1C(=O)NCCN1c1ccc(/C=C/C(=O)O)cn1. The molecule has 1 amide bonds. The number of carboxylic acids is 1. The molecule has 100 valence electrons. The van der Waals surface area contributed by atoms with Crippen molar-refractivity contribution in [2.24, 2.45) is 0 Å². The van der Waals surface area contributed by atoms with Gasteiger partial charge in [0.25, 0.3) is 0 Å². The number of rotatable bonds is 3. The van der Waals surface area contributed by atoms with Gasteiger partial charge in [0.2, 0.25) is 5.91 Å². The number of anilines is 1. The summed E-state index contributed by atoms with van der Waals surface area (Å²) in [5.41, 5.74) is 0.709. The van der Waals surface area contributed by atoms with E-state index in [2.05, 4.69) is 10.3 Å². The average molecular weight is 261 g/mol. The minimum absolute atomic E-state index is 0.0112. The molecule has 2 rings (SSSR count). The molecule has 2 heterocycles. The highest BCUT2D eigenvalue weighted by atomic mass is 16.4. The number of hydrogen-bond donors (Lipinski definition) is 2. The van der Waals surface area contributed by atoms with Crippen molar-refractivity contribution >= 4 is 23.8 Å². The minimum Gasteiger partial charge on any atom is -0.478 e. The van der Waals surface area contributed by atoms with E-state index in [0.29, 0.717) is 18.7 Å². The van der Waals surface area contributed by atoms with Gasteiger partial charge in [-0.15, -0.1) is 0 Å². The Kier molecular flexibility index (Phi) is 3.79. The number of piperazine rings is 1.